The Kier molecular flexibility index (Phi) is 7.46. The molecule has 0 saturated heterocycles. The molecule has 2 aromatic carbocycles. The minimum Gasteiger partial charge on any atom is -0.356 e. The molecule has 0 radical (unpaired) electrons. The van der Waals surface area contributed by atoms with Gasteiger partial charge in [0.05, 0.1) is 5.75 Å². The van der Waals surface area contributed by atoms with Crippen LogP contribution < -0.4 is 5.32 Å². The van der Waals surface area contributed by atoms with Crippen LogP contribution >= 0.6 is 0 Å². The van der Waals surface area contributed by atoms with Gasteiger partial charge in [-0.05, 0) is 49.1 Å². The molecule has 1 aromatic heterocycles. The van der Waals surface area contributed by atoms with Crippen molar-refractivity contribution >= 4 is 26.8 Å². The van der Waals surface area contributed by atoms with Gasteiger partial charge in [0.1, 0.15) is 5.82 Å². The third-order valence-electron chi connectivity index (χ3n) is 5.34. The minimum absolute atomic E-state index is 0.0603. The number of aromatic nitrogens is 1. The highest BCUT2D eigenvalue weighted by Crippen LogP contribution is 2.31. The number of aromatic amines is 1. The Bertz CT molecular complexity index is 1140. The average Bonchev–Trinajstić information content (AvgIpc) is 3.13. The van der Waals surface area contributed by atoms with E-state index in [9.17, 15) is 17.6 Å². The highest BCUT2D eigenvalue weighted by Gasteiger charge is 2.16. The minimum atomic E-state index is -3.21. The van der Waals surface area contributed by atoms with Crippen LogP contribution in [0, 0.1) is 5.82 Å². The maximum absolute atomic E-state index is 13.9. The van der Waals surface area contributed by atoms with Crippen molar-refractivity contribution in [3.05, 3.63) is 59.9 Å². The Morgan fingerprint density at radius 1 is 1.16 bits per heavy atom. The molecular formula is C23H28FN3O3S. The first-order chi connectivity index (χ1) is 14.8. The van der Waals surface area contributed by atoms with Gasteiger partial charge in [-0.2, -0.15) is 0 Å². The van der Waals surface area contributed by atoms with E-state index >= 15 is 0 Å². The van der Waals surface area contributed by atoms with Crippen molar-refractivity contribution in [3.8, 4) is 11.3 Å². The van der Waals surface area contributed by atoms with Gasteiger partial charge < -0.3 is 10.3 Å². The number of sulfonamides is 1. The summed E-state index contributed by atoms with van der Waals surface area (Å²) in [4.78, 5) is 15.7. The van der Waals surface area contributed by atoms with E-state index in [1.807, 2.05) is 30.3 Å². The fraction of sp³-hybridized carbons (Fsp3) is 0.348. The Morgan fingerprint density at radius 3 is 2.61 bits per heavy atom. The van der Waals surface area contributed by atoms with Crippen LogP contribution in [0.3, 0.4) is 0 Å². The molecule has 2 N–H and O–H groups in total. The lowest BCUT2D eigenvalue weighted by Crippen LogP contribution is -2.32. The zero-order chi connectivity index (χ0) is 22.4. The number of carbonyl (C=O) groups excluding carboxylic acids is 1. The third kappa shape index (κ3) is 5.71. The number of halogens is 1. The molecule has 31 heavy (non-hydrogen) atoms. The number of fused-ring (bicyclic) bond motifs is 1. The number of carbonyl (C=O) groups is 1. The summed E-state index contributed by atoms with van der Waals surface area (Å²) in [5.74, 6) is -0.376. The summed E-state index contributed by atoms with van der Waals surface area (Å²) in [7, 11) is -1.66. The van der Waals surface area contributed by atoms with Crippen molar-refractivity contribution in [2.24, 2.45) is 0 Å². The van der Waals surface area contributed by atoms with Gasteiger partial charge in [0.2, 0.25) is 15.9 Å². The maximum Gasteiger partial charge on any atom is 0.220 e. The van der Waals surface area contributed by atoms with E-state index in [-0.39, 0.29) is 23.9 Å². The number of benzene rings is 2. The van der Waals surface area contributed by atoms with Crippen molar-refractivity contribution < 1.29 is 17.6 Å². The number of nitrogens with one attached hydrogen (secondary N) is 2. The number of hydrogen-bond acceptors (Lipinski definition) is 3. The molecule has 0 spiro atoms. The number of rotatable bonds is 10. The summed E-state index contributed by atoms with van der Waals surface area (Å²) in [5, 5.41) is 3.62. The summed E-state index contributed by atoms with van der Waals surface area (Å²) >= 11 is 0. The van der Waals surface area contributed by atoms with E-state index in [4.69, 9.17) is 0 Å². The van der Waals surface area contributed by atoms with E-state index in [2.05, 4.69) is 10.3 Å². The quantitative estimate of drug-likeness (QED) is 0.467. The third-order valence-corrected chi connectivity index (χ3v) is 7.21. The lowest BCUT2D eigenvalue weighted by molar-refractivity contribution is -0.121. The van der Waals surface area contributed by atoms with Crippen molar-refractivity contribution in [3.63, 3.8) is 0 Å². The average molecular weight is 446 g/mol. The van der Waals surface area contributed by atoms with Gasteiger partial charge in [0, 0.05) is 43.2 Å². The highest BCUT2D eigenvalue weighted by molar-refractivity contribution is 7.89. The number of H-pyrrole nitrogens is 1. The Hall–Kier alpha value is -2.71. The summed E-state index contributed by atoms with van der Waals surface area (Å²) in [6.45, 7) is 2.36. The second-order valence-corrected chi connectivity index (χ2v) is 9.82. The predicted octanol–water partition coefficient (Wildman–Crippen LogP) is 3.69. The molecule has 1 heterocycles. The number of amides is 1. The second kappa shape index (κ2) is 10.1. The number of nitrogens with zero attached hydrogens (tertiary/aromatic N) is 1. The lowest BCUT2D eigenvalue weighted by Gasteiger charge is -2.15. The molecule has 0 saturated carbocycles. The van der Waals surface area contributed by atoms with Crippen LogP contribution in [0.2, 0.25) is 0 Å². The summed E-state index contributed by atoms with van der Waals surface area (Å²) in [5.41, 5.74) is 3.61. The molecule has 0 aliphatic heterocycles. The summed E-state index contributed by atoms with van der Waals surface area (Å²) in [6, 6.07) is 14.4. The van der Waals surface area contributed by atoms with E-state index in [0.717, 1.165) is 27.7 Å². The Morgan fingerprint density at radius 2 is 1.90 bits per heavy atom. The van der Waals surface area contributed by atoms with Gasteiger partial charge in [0.15, 0.2) is 0 Å². The van der Waals surface area contributed by atoms with Gasteiger partial charge in [0.25, 0.3) is 0 Å². The van der Waals surface area contributed by atoms with Crippen molar-refractivity contribution in [2.75, 3.05) is 25.9 Å². The second-order valence-electron chi connectivity index (χ2n) is 7.46. The molecule has 1 amide bonds. The van der Waals surface area contributed by atoms with E-state index in [1.54, 1.807) is 20.0 Å². The van der Waals surface area contributed by atoms with Gasteiger partial charge in [-0.25, -0.2) is 17.1 Å². The first kappa shape index (κ1) is 23.0. The fourth-order valence-corrected chi connectivity index (χ4v) is 4.39. The molecular weight excluding hydrogens is 417 g/mol. The molecule has 0 aliphatic carbocycles. The van der Waals surface area contributed by atoms with Crippen molar-refractivity contribution in [1.29, 1.82) is 0 Å². The van der Waals surface area contributed by atoms with E-state index < -0.39 is 10.0 Å². The van der Waals surface area contributed by atoms with Crippen molar-refractivity contribution in [2.45, 2.75) is 26.2 Å². The molecule has 0 fully saturated rings. The molecule has 3 aromatic rings. The standard InChI is InChI=1S/C23H28FN3O3S/c1-3-31(29,30)27(2)15-7-14-25-22(28)13-11-19-20-16-18(24)10-12-21(20)26-23(19)17-8-5-4-6-9-17/h4-6,8-10,12,16,26H,3,7,11,13-15H2,1-2H3,(H,25,28). The lowest BCUT2D eigenvalue weighted by atomic mass is 10.0. The summed E-state index contributed by atoms with van der Waals surface area (Å²) in [6.07, 6.45) is 1.26. The highest BCUT2D eigenvalue weighted by atomic mass is 32.2. The normalized spacial score (nSPS) is 11.9. The van der Waals surface area contributed by atoms with E-state index in [1.165, 1.54) is 16.4 Å². The fourth-order valence-electron chi connectivity index (χ4n) is 3.55. The van der Waals surface area contributed by atoms with Gasteiger partial charge >= 0.3 is 0 Å². The molecule has 0 atom stereocenters. The monoisotopic (exact) mass is 445 g/mol. The molecule has 166 valence electrons. The zero-order valence-corrected chi connectivity index (χ0v) is 18.6. The topological polar surface area (TPSA) is 82.3 Å². The Balaban J connectivity index is 1.64. The molecule has 3 rings (SSSR count). The van der Waals surface area contributed by atoms with Crippen molar-refractivity contribution in [1.82, 2.24) is 14.6 Å². The van der Waals surface area contributed by atoms with Crippen LogP contribution in [0.1, 0.15) is 25.3 Å². The molecule has 8 heteroatoms. The van der Waals surface area contributed by atoms with E-state index in [0.29, 0.717) is 25.9 Å². The molecule has 6 nitrogen and oxygen atoms in total. The van der Waals surface area contributed by atoms with Crippen LogP contribution in [0.4, 0.5) is 4.39 Å². The Labute approximate surface area is 182 Å². The van der Waals surface area contributed by atoms with Crippen LogP contribution in [-0.4, -0.2) is 49.5 Å². The number of hydrogen-bond donors (Lipinski definition) is 2. The van der Waals surface area contributed by atoms with Crippen LogP contribution in [0.25, 0.3) is 22.2 Å². The SMILES string of the molecule is CCS(=O)(=O)N(C)CCCNC(=O)CCc1c(-c2ccccc2)[nH]c2ccc(F)cc12. The van der Waals surface area contributed by atoms with Crippen LogP contribution in [0.5, 0.6) is 0 Å². The first-order valence-electron chi connectivity index (χ1n) is 10.4. The van der Waals surface area contributed by atoms with Crippen LogP contribution in [-0.2, 0) is 21.2 Å². The maximum atomic E-state index is 13.9. The van der Waals surface area contributed by atoms with Gasteiger partial charge in [-0.15, -0.1) is 0 Å². The summed E-state index contributed by atoms with van der Waals surface area (Å²) < 4.78 is 38.7. The smallest absolute Gasteiger partial charge is 0.220 e. The van der Waals surface area contributed by atoms with Crippen LogP contribution in [0.15, 0.2) is 48.5 Å². The zero-order valence-electron chi connectivity index (χ0n) is 17.8. The first-order valence-corrected chi connectivity index (χ1v) is 12.0. The van der Waals surface area contributed by atoms with Gasteiger partial charge in [-0.3, -0.25) is 4.79 Å². The molecule has 0 unspecified atom stereocenters. The molecule has 0 bridgehead atoms. The number of aryl methyl sites for hydroxylation is 1. The molecule has 0 aliphatic rings. The largest absolute Gasteiger partial charge is 0.356 e. The predicted molar refractivity (Wildman–Crippen MR) is 122 cm³/mol. The van der Waals surface area contributed by atoms with Gasteiger partial charge in [-0.1, -0.05) is 30.3 Å².